The molecule has 168 valence electrons. The number of nitrogens with zero attached hydrogens (tertiary/aromatic N) is 1. The molecule has 1 aliphatic heterocycles. The van der Waals surface area contributed by atoms with Crippen LogP contribution in [-0.4, -0.2) is 48.8 Å². The van der Waals surface area contributed by atoms with E-state index in [4.69, 9.17) is 9.47 Å². The van der Waals surface area contributed by atoms with Gasteiger partial charge in [0.15, 0.2) is 0 Å². The van der Waals surface area contributed by atoms with Crippen LogP contribution in [0.5, 0.6) is 5.75 Å². The molecule has 1 saturated carbocycles. The Labute approximate surface area is 182 Å². The number of ether oxygens (including phenoxy) is 2. The van der Waals surface area contributed by atoms with Crippen LogP contribution >= 0.6 is 0 Å². The number of carbonyl (C=O) groups is 1. The molecule has 1 N–H and O–H groups in total. The topological polar surface area (TPSA) is 50.8 Å². The van der Waals surface area contributed by atoms with E-state index in [2.05, 4.69) is 17.1 Å². The van der Waals surface area contributed by atoms with Gasteiger partial charge in [0, 0.05) is 24.9 Å². The van der Waals surface area contributed by atoms with Crippen LogP contribution in [0.25, 0.3) is 0 Å². The summed E-state index contributed by atoms with van der Waals surface area (Å²) in [6.45, 7) is 7.92. The summed E-state index contributed by atoms with van der Waals surface area (Å²) < 4.78 is 11.9. The summed E-state index contributed by atoms with van der Waals surface area (Å²) >= 11 is 0. The quantitative estimate of drug-likeness (QED) is 0.433. The molecular formula is C25H40N2O3. The average Bonchev–Trinajstić information content (AvgIpc) is 3.00. The molecule has 1 aliphatic carbocycles. The third-order valence-electron chi connectivity index (χ3n) is 6.66. The van der Waals surface area contributed by atoms with Crippen LogP contribution in [0.2, 0.25) is 0 Å². The van der Waals surface area contributed by atoms with Gasteiger partial charge >= 0.3 is 0 Å². The van der Waals surface area contributed by atoms with Crippen molar-refractivity contribution in [3.63, 3.8) is 0 Å². The molecule has 0 aromatic heterocycles. The maximum Gasteiger partial charge on any atom is 0.256 e. The zero-order chi connectivity index (χ0) is 21.2. The van der Waals surface area contributed by atoms with E-state index < -0.39 is 5.60 Å². The Kier molecular flexibility index (Phi) is 9.01. The van der Waals surface area contributed by atoms with E-state index in [1.54, 1.807) is 0 Å². The Bertz CT molecular complexity index is 638. The number of benzene rings is 1. The normalized spacial score (nSPS) is 22.3. The van der Waals surface area contributed by atoms with Gasteiger partial charge in [0.05, 0.1) is 6.61 Å². The van der Waals surface area contributed by atoms with Crippen LogP contribution < -0.4 is 10.1 Å². The lowest BCUT2D eigenvalue weighted by Gasteiger charge is -2.33. The van der Waals surface area contributed by atoms with Gasteiger partial charge in [0.25, 0.3) is 5.91 Å². The third kappa shape index (κ3) is 6.45. The van der Waals surface area contributed by atoms with Crippen molar-refractivity contribution >= 4 is 11.6 Å². The van der Waals surface area contributed by atoms with Crippen LogP contribution in [0.1, 0.15) is 78.1 Å². The van der Waals surface area contributed by atoms with Gasteiger partial charge in [-0.3, -0.25) is 4.79 Å². The number of likely N-dealkylation sites (tertiary alicyclic amines) is 1. The van der Waals surface area contributed by atoms with Crippen molar-refractivity contribution in [2.75, 3.05) is 31.6 Å². The average molecular weight is 417 g/mol. The van der Waals surface area contributed by atoms with Gasteiger partial charge in [-0.25, -0.2) is 0 Å². The fourth-order valence-corrected chi connectivity index (χ4v) is 4.84. The van der Waals surface area contributed by atoms with Crippen molar-refractivity contribution in [3.05, 3.63) is 24.3 Å². The third-order valence-corrected chi connectivity index (χ3v) is 6.66. The first-order chi connectivity index (χ1) is 14.6. The molecule has 0 unspecified atom stereocenters. The first kappa shape index (κ1) is 23.1. The van der Waals surface area contributed by atoms with Crippen molar-refractivity contribution in [2.45, 2.75) is 89.7 Å². The van der Waals surface area contributed by atoms with Gasteiger partial charge < -0.3 is 19.7 Å². The highest BCUT2D eigenvalue weighted by Crippen LogP contribution is 2.32. The zero-order valence-corrected chi connectivity index (χ0v) is 19.0. The molecule has 2 fully saturated rings. The summed E-state index contributed by atoms with van der Waals surface area (Å²) in [5.74, 6) is 0.851. The van der Waals surface area contributed by atoms with Crippen LogP contribution in [0, 0.1) is 0 Å². The molecule has 2 aliphatic rings. The van der Waals surface area contributed by atoms with Gasteiger partial charge in [0.1, 0.15) is 11.4 Å². The number of rotatable bonds is 9. The Morgan fingerprint density at radius 2 is 1.83 bits per heavy atom. The predicted octanol–water partition coefficient (Wildman–Crippen LogP) is 5.40. The van der Waals surface area contributed by atoms with Crippen LogP contribution in [0.15, 0.2) is 24.3 Å². The molecule has 5 nitrogen and oxygen atoms in total. The van der Waals surface area contributed by atoms with Gasteiger partial charge in [0.2, 0.25) is 0 Å². The number of carbonyl (C=O) groups excluding carboxylic acids is 1. The van der Waals surface area contributed by atoms with Gasteiger partial charge in [-0.1, -0.05) is 32.1 Å². The molecule has 1 heterocycles. The molecule has 1 aromatic rings. The molecule has 30 heavy (non-hydrogen) atoms. The van der Waals surface area contributed by atoms with Crippen molar-refractivity contribution < 1.29 is 14.3 Å². The number of amides is 1. The molecule has 0 spiro atoms. The van der Waals surface area contributed by atoms with Crippen molar-refractivity contribution in [3.8, 4) is 5.75 Å². The number of hydrogen-bond acceptors (Lipinski definition) is 4. The largest absolute Gasteiger partial charge is 0.494 e. The second kappa shape index (κ2) is 11.7. The predicted molar refractivity (Wildman–Crippen MR) is 122 cm³/mol. The van der Waals surface area contributed by atoms with E-state index in [1.165, 1.54) is 38.6 Å². The second-order valence-corrected chi connectivity index (χ2v) is 8.90. The first-order valence-electron chi connectivity index (χ1n) is 12.1. The van der Waals surface area contributed by atoms with Crippen molar-refractivity contribution in [2.24, 2.45) is 0 Å². The minimum atomic E-state index is -0.675. The van der Waals surface area contributed by atoms with E-state index in [-0.39, 0.29) is 5.91 Å². The molecule has 1 amide bonds. The standard InChI is InChI=1S/C25H40N2O3/c1-3-30-25(16-7-4-5-8-17-25)24(28)26-22-12-14-23(15-13-22)29-20-10-19-27-18-9-6-11-21(27)2/h12-15,21H,3-11,16-20H2,1-2H3,(H,26,28)/t21-/m1/s1. The monoisotopic (exact) mass is 416 g/mol. The molecule has 3 rings (SSSR count). The molecule has 1 saturated heterocycles. The first-order valence-corrected chi connectivity index (χ1v) is 12.1. The SMILES string of the molecule is CCOC1(C(=O)Nc2ccc(OCCCN3CCCC[C@H]3C)cc2)CCCCCC1. The molecule has 5 heteroatoms. The Morgan fingerprint density at radius 1 is 1.10 bits per heavy atom. The summed E-state index contributed by atoms with van der Waals surface area (Å²) in [6, 6.07) is 8.45. The zero-order valence-electron chi connectivity index (χ0n) is 19.0. The summed E-state index contributed by atoms with van der Waals surface area (Å²) in [4.78, 5) is 15.6. The highest BCUT2D eigenvalue weighted by Gasteiger charge is 2.39. The Hall–Kier alpha value is -1.59. The van der Waals surface area contributed by atoms with Crippen molar-refractivity contribution in [1.29, 1.82) is 0 Å². The molecule has 0 bridgehead atoms. The van der Waals surface area contributed by atoms with Crippen LogP contribution in [0.4, 0.5) is 5.69 Å². The second-order valence-electron chi connectivity index (χ2n) is 8.90. The molecular weight excluding hydrogens is 376 g/mol. The highest BCUT2D eigenvalue weighted by atomic mass is 16.5. The lowest BCUT2D eigenvalue weighted by molar-refractivity contribution is -0.143. The van der Waals surface area contributed by atoms with E-state index in [1.807, 2.05) is 31.2 Å². The fourth-order valence-electron chi connectivity index (χ4n) is 4.84. The maximum atomic E-state index is 13.0. The fraction of sp³-hybridized carbons (Fsp3) is 0.720. The van der Waals surface area contributed by atoms with E-state index in [0.717, 1.165) is 56.7 Å². The van der Waals surface area contributed by atoms with E-state index in [9.17, 15) is 4.79 Å². The van der Waals surface area contributed by atoms with Gasteiger partial charge in [-0.05, 0) is 76.8 Å². The lowest BCUT2D eigenvalue weighted by atomic mass is 9.93. The lowest BCUT2D eigenvalue weighted by Crippen LogP contribution is -2.45. The maximum absolute atomic E-state index is 13.0. The minimum Gasteiger partial charge on any atom is -0.494 e. The van der Waals surface area contributed by atoms with Gasteiger partial charge in [-0.2, -0.15) is 0 Å². The highest BCUT2D eigenvalue weighted by molar-refractivity contribution is 5.97. The summed E-state index contributed by atoms with van der Waals surface area (Å²) in [5.41, 5.74) is 0.129. The Balaban J connectivity index is 1.45. The number of anilines is 1. The summed E-state index contributed by atoms with van der Waals surface area (Å²) in [7, 11) is 0. The smallest absolute Gasteiger partial charge is 0.256 e. The Morgan fingerprint density at radius 3 is 2.50 bits per heavy atom. The van der Waals surface area contributed by atoms with Gasteiger partial charge in [-0.15, -0.1) is 0 Å². The minimum absolute atomic E-state index is 0.00410. The number of piperidine rings is 1. The molecule has 0 radical (unpaired) electrons. The van der Waals surface area contributed by atoms with E-state index >= 15 is 0 Å². The number of nitrogens with one attached hydrogen (secondary N) is 1. The summed E-state index contributed by atoms with van der Waals surface area (Å²) in [5, 5.41) is 3.08. The molecule has 1 atom stereocenters. The van der Waals surface area contributed by atoms with E-state index in [0.29, 0.717) is 12.6 Å². The van der Waals surface area contributed by atoms with Crippen LogP contribution in [-0.2, 0) is 9.53 Å². The van der Waals surface area contributed by atoms with Crippen molar-refractivity contribution in [1.82, 2.24) is 4.90 Å². The van der Waals surface area contributed by atoms with Crippen LogP contribution in [0.3, 0.4) is 0 Å². The molecule has 1 aromatic carbocycles. The number of hydrogen-bond donors (Lipinski definition) is 1. The summed E-state index contributed by atoms with van der Waals surface area (Å²) in [6.07, 6.45) is 11.1.